The molecule has 7 aromatic rings. The van der Waals surface area contributed by atoms with Crippen LogP contribution >= 0.6 is 22.7 Å². The summed E-state index contributed by atoms with van der Waals surface area (Å²) in [5.41, 5.74) is 1.90. The number of aliphatic hydroxyl groups excluding tert-OH is 2. The smallest absolute Gasteiger partial charge is 0.296 e. The van der Waals surface area contributed by atoms with E-state index < -0.39 is 53.4 Å². The molecule has 2 aliphatic heterocycles. The number of ketones is 2. The summed E-state index contributed by atoms with van der Waals surface area (Å²) in [6.45, 7) is 15.0. The van der Waals surface area contributed by atoms with Crippen LogP contribution in [0.2, 0.25) is 0 Å². The minimum Gasteiger partial charge on any atom is -0.395 e. The minimum atomic E-state index is -4.75. The van der Waals surface area contributed by atoms with Gasteiger partial charge in [-0.3, -0.25) is 28.3 Å². The van der Waals surface area contributed by atoms with Crippen molar-refractivity contribution in [3.05, 3.63) is 106 Å². The van der Waals surface area contributed by atoms with Crippen molar-refractivity contribution in [2.24, 2.45) is 20.5 Å². The zero-order valence-corrected chi connectivity index (χ0v) is 58.7. The van der Waals surface area contributed by atoms with Gasteiger partial charge >= 0.3 is 0 Å². The van der Waals surface area contributed by atoms with Gasteiger partial charge in [-0.1, -0.05) is 46.9 Å². The van der Waals surface area contributed by atoms with Crippen LogP contribution in [0.3, 0.4) is 0 Å². The average molecular weight is 1430 g/mol. The summed E-state index contributed by atoms with van der Waals surface area (Å²) >= 11 is 2.14. The number of carbonyl (C=O) groups is 4. The average Bonchev–Trinajstić information content (AvgIpc) is 1.76. The van der Waals surface area contributed by atoms with Crippen LogP contribution < -0.4 is 45.8 Å². The molecule has 8 N–H and O–H groups in total. The Morgan fingerprint density at radius 3 is 1.25 bits per heavy atom. The molecule has 0 atom stereocenters. The van der Waals surface area contributed by atoms with Crippen LogP contribution in [0.1, 0.15) is 89.8 Å². The van der Waals surface area contributed by atoms with Gasteiger partial charge in [0, 0.05) is 76.8 Å². The Balaban J connectivity index is 1.10. The summed E-state index contributed by atoms with van der Waals surface area (Å²) in [4.78, 5) is 88.1. The van der Waals surface area contributed by atoms with E-state index in [9.17, 15) is 55.3 Å². The van der Waals surface area contributed by atoms with Crippen LogP contribution in [0.15, 0.2) is 126 Å². The monoisotopic (exact) mass is 1430 g/mol. The van der Waals surface area contributed by atoms with Crippen LogP contribution in [-0.4, -0.2) is 163 Å². The molecule has 524 valence electrons. The predicted octanol–water partition coefficient (Wildman–Crippen LogP) is 11.3. The Morgan fingerprint density at radius 1 is 0.515 bits per heavy atom. The predicted molar refractivity (Wildman–Crippen MR) is 385 cm³/mol. The molecule has 0 aliphatic carbocycles. The van der Waals surface area contributed by atoms with Crippen LogP contribution in [0.5, 0.6) is 0 Å². The molecular weight excluding hydrogens is 1350 g/mol. The summed E-state index contributed by atoms with van der Waals surface area (Å²) in [5.74, 6) is -2.12. The van der Waals surface area contributed by atoms with Crippen molar-refractivity contribution in [3.63, 3.8) is 0 Å². The molecule has 99 heavy (non-hydrogen) atoms. The standard InChI is InChI=1S/C65H78N18O12S4/c1-7-79(8-2)43-25-27-47(75-77-64-70-57(81-29-17-11-18-30-81)53(96-64)39-45(41(5)86)59(88)66-49-21-13-15-23-55(49)98(90,91)92)51(37-43)68-61-72-62(74-63(73-61)83(33-35-84)34-36-85)69-52-38-44(80(9-3)10-4)26-28-48(52)76-78-65-71-58(82-31-19-12-20-32-82)54(97-65)40-46(42(6)87)60(89)67-50-22-14-16-24-56(50)99(93,94)95/h13-16,21-28,37-40,84-85H,7-12,17-20,29-36H2,1-6H3,(H,66,88)(H,67,89)(H,90,91,92)(H,93,94,95)(H2,68,69,72,73,74)/b45-39-,46-40+,77-75+,78-76+. The van der Waals surface area contributed by atoms with Gasteiger partial charge in [0.05, 0.1) is 56.9 Å². The number of hydrogen-bond acceptors (Lipinski definition) is 28. The van der Waals surface area contributed by atoms with E-state index in [1.54, 1.807) is 17.0 Å². The third kappa shape index (κ3) is 19.0. The fourth-order valence-corrected chi connectivity index (χ4v) is 14.0. The molecule has 5 heterocycles. The van der Waals surface area contributed by atoms with Crippen molar-refractivity contribution in [1.29, 1.82) is 0 Å². The number of Topliss-reactive ketones (excluding diaryl/α,β-unsaturated/α-hetero) is 2. The van der Waals surface area contributed by atoms with Gasteiger partial charge in [0.15, 0.2) is 11.6 Å². The first-order valence-electron chi connectivity index (χ1n) is 32.1. The van der Waals surface area contributed by atoms with Crippen molar-refractivity contribution in [1.82, 2.24) is 24.9 Å². The van der Waals surface area contributed by atoms with E-state index in [4.69, 9.17) is 35.1 Å². The second kappa shape index (κ2) is 33.8. The van der Waals surface area contributed by atoms with Gasteiger partial charge in [-0.25, -0.2) is 0 Å². The SMILES string of the molecule is CCN(CC)c1ccc(/N=N/c2nc(N3CCCCC3)c(/C=C(/C(C)=O)C(=O)Nc3ccccc3S(=O)(=O)O)s2)c(Nc2nc(Nc3cc(N(CC)CC)ccc3/N=N/c3nc(N4CCCCC4)c(/C=C(\C(C)=O)C(=O)Nc4ccccc4S(=O)(=O)O)s3)nc(N(CCO)CCO)n2)c1. The van der Waals surface area contributed by atoms with Crippen LogP contribution in [-0.2, 0) is 39.4 Å². The fourth-order valence-electron chi connectivity index (χ4n) is 11.0. The minimum absolute atomic E-state index is 0.00207. The highest BCUT2D eigenvalue weighted by molar-refractivity contribution is 7.86. The highest BCUT2D eigenvalue weighted by Crippen LogP contribution is 2.41. The van der Waals surface area contributed by atoms with Crippen molar-refractivity contribution in [3.8, 4) is 0 Å². The number of nitrogens with one attached hydrogen (secondary N) is 4. The molecule has 30 nitrogen and oxygen atoms in total. The number of aromatic nitrogens is 5. The normalized spacial score (nSPS) is 14.0. The van der Waals surface area contributed by atoms with Crippen LogP contribution in [0.4, 0.5) is 85.2 Å². The van der Waals surface area contributed by atoms with Crippen molar-refractivity contribution >= 4 is 164 Å². The number of nitrogens with zero attached hydrogens (tertiary/aromatic N) is 14. The Bertz CT molecular complexity index is 4170. The third-order valence-corrected chi connectivity index (χ3v) is 19.6. The van der Waals surface area contributed by atoms with Gasteiger partial charge in [-0.2, -0.15) is 41.8 Å². The molecule has 9 rings (SSSR count). The Morgan fingerprint density at radius 2 is 0.899 bits per heavy atom. The van der Waals surface area contributed by atoms with Crippen LogP contribution in [0.25, 0.3) is 12.2 Å². The second-order valence-electron chi connectivity index (χ2n) is 22.7. The second-order valence-corrected chi connectivity index (χ2v) is 27.5. The molecule has 4 aromatic carbocycles. The molecular formula is C65H78N18O12S4. The summed E-state index contributed by atoms with van der Waals surface area (Å²) < 4.78 is 68.6. The van der Waals surface area contributed by atoms with E-state index in [-0.39, 0.29) is 76.9 Å². The number of piperidine rings is 2. The number of anilines is 11. The van der Waals surface area contributed by atoms with Gasteiger partial charge in [-0.05, 0) is 153 Å². The molecule has 0 bridgehead atoms. The number of carbonyl (C=O) groups excluding carboxylic acids is 4. The lowest BCUT2D eigenvalue weighted by Crippen LogP contribution is -2.31. The quantitative estimate of drug-likeness (QED) is 0.00658. The maximum Gasteiger partial charge on any atom is 0.296 e. The number of amides is 2. The molecule has 0 spiro atoms. The first-order valence-corrected chi connectivity index (χ1v) is 36.6. The number of para-hydroxylation sites is 2. The molecule has 34 heteroatoms. The van der Waals surface area contributed by atoms with Crippen molar-refractivity contribution in [2.45, 2.75) is 89.9 Å². The lowest BCUT2D eigenvalue weighted by atomic mass is 10.1. The molecule has 2 saturated heterocycles. The largest absolute Gasteiger partial charge is 0.395 e. The molecule has 0 saturated carbocycles. The number of hydrogen-bond donors (Lipinski definition) is 8. The molecule has 3 aromatic heterocycles. The van der Waals surface area contributed by atoms with Gasteiger partial charge in [0.2, 0.25) is 28.1 Å². The van der Waals surface area contributed by atoms with Crippen LogP contribution in [0, 0.1) is 0 Å². The number of azo groups is 2. The Hall–Kier alpha value is -9.55. The van der Waals surface area contributed by atoms with Gasteiger partial charge in [-0.15, -0.1) is 20.5 Å². The Kier molecular flexibility index (Phi) is 25.2. The van der Waals surface area contributed by atoms with Gasteiger partial charge in [0.25, 0.3) is 32.1 Å². The summed E-state index contributed by atoms with van der Waals surface area (Å²) in [7, 11) is -9.50. The summed E-state index contributed by atoms with van der Waals surface area (Å²) in [6, 6.07) is 21.5. The number of benzene rings is 4. The number of aliphatic hydroxyl groups is 2. The maximum absolute atomic E-state index is 13.9. The van der Waals surface area contributed by atoms with Crippen molar-refractivity contribution < 1.29 is 55.3 Å². The highest BCUT2D eigenvalue weighted by atomic mass is 32.2. The zero-order chi connectivity index (χ0) is 71.0. The van der Waals surface area contributed by atoms with E-state index in [2.05, 4.69) is 41.3 Å². The summed E-state index contributed by atoms with van der Waals surface area (Å²) in [6.07, 6.45) is 8.18. The zero-order valence-electron chi connectivity index (χ0n) is 55.4. The third-order valence-electron chi connectivity index (χ3n) is 16.0. The molecule has 2 amide bonds. The molecule has 2 aliphatic rings. The van der Waals surface area contributed by atoms with Gasteiger partial charge in [0.1, 0.15) is 32.8 Å². The number of thiazole rings is 2. The van der Waals surface area contributed by atoms with E-state index in [0.717, 1.165) is 84.7 Å². The maximum atomic E-state index is 13.9. The lowest BCUT2D eigenvalue weighted by molar-refractivity contribution is -0.120. The van der Waals surface area contributed by atoms with E-state index >= 15 is 0 Å². The first kappa shape index (κ1) is 73.7. The fraction of sp³-hybridized carbons (Fsp3) is 0.369. The Labute approximate surface area is 581 Å². The summed E-state index contributed by atoms with van der Waals surface area (Å²) in [5, 5.41) is 51.3. The highest BCUT2D eigenvalue weighted by Gasteiger charge is 2.28. The molecule has 0 radical (unpaired) electrons. The number of rotatable bonds is 31. The first-order chi connectivity index (χ1) is 47.5. The molecule has 0 unspecified atom stereocenters. The van der Waals surface area contributed by atoms with E-state index in [1.807, 2.05) is 61.8 Å². The van der Waals surface area contributed by atoms with E-state index in [1.165, 1.54) is 62.4 Å². The van der Waals surface area contributed by atoms with Gasteiger partial charge < -0.3 is 56.0 Å². The topological polar surface area (TPSA) is 396 Å². The molecule has 2 fully saturated rings. The lowest BCUT2D eigenvalue weighted by Gasteiger charge is -2.27. The van der Waals surface area contributed by atoms with Crippen molar-refractivity contribution in [2.75, 3.05) is 124 Å². The van der Waals surface area contributed by atoms with E-state index in [0.29, 0.717) is 96.5 Å².